The van der Waals surface area contributed by atoms with Crippen LogP contribution in [0.2, 0.25) is 0 Å². The molecule has 378 valence electrons. The summed E-state index contributed by atoms with van der Waals surface area (Å²) in [5.41, 5.74) is 0. The molecule has 0 bridgehead atoms. The van der Waals surface area contributed by atoms with Crippen LogP contribution in [0.25, 0.3) is 0 Å². The van der Waals surface area contributed by atoms with Gasteiger partial charge in [0.05, 0.1) is 27.7 Å². The largest absolute Gasteiger partial charge is 0.756 e. The molecule has 0 heterocycles. The van der Waals surface area contributed by atoms with E-state index in [0.29, 0.717) is 17.4 Å². The third-order valence-corrected chi connectivity index (χ3v) is 12.3. The number of hydrogen-bond acceptors (Lipinski definition) is 8. The molecule has 10 heteroatoms. The number of carbonyl (C=O) groups excluding carboxylic acids is 2. The van der Waals surface area contributed by atoms with Crippen LogP contribution in [-0.2, 0) is 32.7 Å². The number of unbranched alkanes of at least 4 members (excludes halogenated alkanes) is 24. The van der Waals surface area contributed by atoms with Gasteiger partial charge in [0.25, 0.3) is 7.82 Å². The van der Waals surface area contributed by atoms with Gasteiger partial charge < -0.3 is 27.9 Å². The first-order valence-electron chi connectivity index (χ1n) is 26.5. The average Bonchev–Trinajstić information content (AvgIpc) is 3.26. The number of allylic oxidation sites excluding steroid dienone is 10. The quantitative estimate of drug-likeness (QED) is 0.0195. The Kier molecular flexibility index (Phi) is 45.2. The first-order valence-corrected chi connectivity index (χ1v) is 28.0. The SMILES string of the molecule is CC/C=C\C/C=C\C/C=C\C/C=C\C/C=C\CCCCCCCCCCCCCCCC(=O)OC(COC(=O)CCCCCCCCCCCCCC)COP(=O)([O-])OCC[N+](C)(C)C. The lowest BCUT2D eigenvalue weighted by molar-refractivity contribution is -0.870. The van der Waals surface area contributed by atoms with Crippen LogP contribution < -0.4 is 4.89 Å². The van der Waals surface area contributed by atoms with Gasteiger partial charge in [0.1, 0.15) is 19.8 Å². The molecule has 0 saturated carbocycles. The number of quaternary nitrogens is 1. The summed E-state index contributed by atoms with van der Waals surface area (Å²) in [6, 6.07) is 0. The van der Waals surface area contributed by atoms with Crippen molar-refractivity contribution in [3.63, 3.8) is 0 Å². The van der Waals surface area contributed by atoms with Crippen LogP contribution in [0.4, 0.5) is 0 Å². The molecule has 0 aliphatic rings. The molecular formula is C55H100NO8P. The van der Waals surface area contributed by atoms with Crippen molar-refractivity contribution >= 4 is 19.8 Å². The van der Waals surface area contributed by atoms with Gasteiger partial charge in [-0.2, -0.15) is 0 Å². The van der Waals surface area contributed by atoms with Gasteiger partial charge in [0, 0.05) is 12.8 Å². The molecule has 0 saturated heterocycles. The Balaban J connectivity index is 4.12. The Morgan fingerprint density at radius 1 is 0.492 bits per heavy atom. The van der Waals surface area contributed by atoms with Crippen LogP contribution in [0, 0.1) is 0 Å². The summed E-state index contributed by atoms with van der Waals surface area (Å²) in [7, 11) is 1.17. The molecule has 0 spiro atoms. The summed E-state index contributed by atoms with van der Waals surface area (Å²) in [5.74, 6) is -0.831. The molecule has 0 aromatic heterocycles. The van der Waals surface area contributed by atoms with Gasteiger partial charge in [-0.1, -0.05) is 216 Å². The van der Waals surface area contributed by atoms with Crippen LogP contribution >= 0.6 is 7.82 Å². The Hall–Kier alpha value is -2.29. The lowest BCUT2D eigenvalue weighted by atomic mass is 10.0. The number of carbonyl (C=O) groups is 2. The topological polar surface area (TPSA) is 111 Å². The lowest BCUT2D eigenvalue weighted by Gasteiger charge is -2.28. The summed E-state index contributed by atoms with van der Waals surface area (Å²) >= 11 is 0. The fraction of sp³-hybridized carbons (Fsp3) is 0.782. The maximum absolute atomic E-state index is 12.7. The van der Waals surface area contributed by atoms with Crippen molar-refractivity contribution < 1.29 is 42.1 Å². The Labute approximate surface area is 400 Å². The minimum Gasteiger partial charge on any atom is -0.756 e. The highest BCUT2D eigenvalue weighted by atomic mass is 31.2. The standard InChI is InChI=1S/C55H100NO8P/c1-6-8-10-12-14-16-18-20-21-22-23-24-25-26-27-28-29-30-31-32-33-34-35-36-38-40-42-44-46-48-55(58)64-53(52-63-65(59,60)62-50-49-56(3,4)5)51-61-54(57)47-45-43-41-39-37-19-17-15-13-11-9-7-2/h8,10,14,16,20-21,23-24,26-27,53H,6-7,9,11-13,15,17-19,22,25,28-52H2,1-5H3/b10-8-,16-14-,21-20-,24-23-,27-26-. The van der Waals surface area contributed by atoms with E-state index >= 15 is 0 Å². The zero-order valence-electron chi connectivity index (χ0n) is 42.7. The molecule has 0 aromatic carbocycles. The van der Waals surface area contributed by atoms with Gasteiger partial charge in [-0.25, -0.2) is 0 Å². The van der Waals surface area contributed by atoms with E-state index in [9.17, 15) is 19.0 Å². The normalized spacial score (nSPS) is 13.9. The molecule has 0 N–H and O–H groups in total. The van der Waals surface area contributed by atoms with Crippen LogP contribution in [0.15, 0.2) is 60.8 Å². The molecule has 0 aromatic rings. The number of rotatable bonds is 48. The zero-order chi connectivity index (χ0) is 47.8. The molecule has 2 atom stereocenters. The number of hydrogen-bond donors (Lipinski definition) is 0. The monoisotopic (exact) mass is 934 g/mol. The van der Waals surface area contributed by atoms with Gasteiger partial charge in [-0.15, -0.1) is 0 Å². The summed E-state index contributed by atoms with van der Waals surface area (Å²) in [6.07, 6.45) is 58.3. The minimum absolute atomic E-state index is 0.0311. The Bertz CT molecular complexity index is 1290. The van der Waals surface area contributed by atoms with Gasteiger partial charge in [-0.05, 0) is 57.8 Å². The molecular weight excluding hydrogens is 834 g/mol. The van der Waals surface area contributed by atoms with Gasteiger partial charge in [0.15, 0.2) is 6.10 Å². The van der Waals surface area contributed by atoms with Gasteiger partial charge in [0.2, 0.25) is 0 Å². The van der Waals surface area contributed by atoms with Crippen molar-refractivity contribution in [1.82, 2.24) is 0 Å². The molecule has 9 nitrogen and oxygen atoms in total. The van der Waals surface area contributed by atoms with Crippen molar-refractivity contribution in [2.24, 2.45) is 0 Å². The summed E-state index contributed by atoms with van der Waals surface area (Å²) < 4.78 is 34.0. The number of likely N-dealkylation sites (N-methyl/N-ethyl adjacent to an activating group) is 1. The molecule has 0 aliphatic carbocycles. The number of ether oxygens (including phenoxy) is 2. The summed E-state index contributed by atoms with van der Waals surface area (Å²) in [6.45, 7) is 4.13. The van der Waals surface area contributed by atoms with E-state index in [0.717, 1.165) is 70.6 Å². The fourth-order valence-electron chi connectivity index (χ4n) is 7.21. The molecule has 0 amide bonds. The van der Waals surface area contributed by atoms with E-state index in [1.165, 1.54) is 122 Å². The van der Waals surface area contributed by atoms with E-state index < -0.39 is 26.5 Å². The van der Waals surface area contributed by atoms with E-state index in [-0.39, 0.29) is 32.0 Å². The predicted octanol–water partition coefficient (Wildman–Crippen LogP) is 15.3. The highest BCUT2D eigenvalue weighted by Crippen LogP contribution is 2.38. The number of phosphoric ester groups is 1. The summed E-state index contributed by atoms with van der Waals surface area (Å²) in [5, 5.41) is 0. The molecule has 65 heavy (non-hydrogen) atoms. The van der Waals surface area contributed by atoms with Crippen molar-refractivity contribution in [2.75, 3.05) is 47.5 Å². The number of nitrogens with zero attached hydrogens (tertiary/aromatic N) is 1. The van der Waals surface area contributed by atoms with Gasteiger partial charge in [-0.3, -0.25) is 14.2 Å². The fourth-order valence-corrected chi connectivity index (χ4v) is 7.94. The maximum Gasteiger partial charge on any atom is 0.306 e. The molecule has 0 fully saturated rings. The third-order valence-electron chi connectivity index (χ3n) is 11.3. The van der Waals surface area contributed by atoms with Gasteiger partial charge >= 0.3 is 11.9 Å². The van der Waals surface area contributed by atoms with E-state index in [1.54, 1.807) is 0 Å². The van der Waals surface area contributed by atoms with Crippen LogP contribution in [0.3, 0.4) is 0 Å². The molecule has 0 aliphatic heterocycles. The maximum atomic E-state index is 12.7. The summed E-state index contributed by atoms with van der Waals surface area (Å²) in [4.78, 5) is 37.7. The Morgan fingerprint density at radius 2 is 0.877 bits per heavy atom. The van der Waals surface area contributed by atoms with E-state index in [1.807, 2.05) is 21.1 Å². The first-order chi connectivity index (χ1) is 31.5. The average molecular weight is 934 g/mol. The third kappa shape index (κ3) is 51.0. The van der Waals surface area contributed by atoms with Crippen LogP contribution in [-0.4, -0.2) is 70.0 Å². The van der Waals surface area contributed by atoms with Crippen molar-refractivity contribution in [2.45, 2.75) is 232 Å². The van der Waals surface area contributed by atoms with Crippen molar-refractivity contribution in [1.29, 1.82) is 0 Å². The van der Waals surface area contributed by atoms with E-state index in [2.05, 4.69) is 74.6 Å². The number of esters is 2. The smallest absolute Gasteiger partial charge is 0.306 e. The second kappa shape index (κ2) is 46.8. The first kappa shape index (κ1) is 62.7. The molecule has 2 unspecified atom stereocenters. The molecule has 0 radical (unpaired) electrons. The lowest BCUT2D eigenvalue weighted by Crippen LogP contribution is -2.37. The minimum atomic E-state index is -4.63. The van der Waals surface area contributed by atoms with Crippen molar-refractivity contribution in [3.05, 3.63) is 60.8 Å². The highest BCUT2D eigenvalue weighted by Gasteiger charge is 2.21. The number of phosphoric acid groups is 1. The van der Waals surface area contributed by atoms with Crippen LogP contribution in [0.5, 0.6) is 0 Å². The van der Waals surface area contributed by atoms with Crippen molar-refractivity contribution in [3.8, 4) is 0 Å². The second-order valence-corrected chi connectivity index (χ2v) is 20.3. The molecule has 0 rings (SSSR count). The highest BCUT2D eigenvalue weighted by molar-refractivity contribution is 7.45. The van der Waals surface area contributed by atoms with Crippen LogP contribution in [0.1, 0.15) is 226 Å². The Morgan fingerprint density at radius 3 is 1.31 bits per heavy atom. The second-order valence-electron chi connectivity index (χ2n) is 18.9. The zero-order valence-corrected chi connectivity index (χ0v) is 43.6. The predicted molar refractivity (Wildman–Crippen MR) is 273 cm³/mol. The van der Waals surface area contributed by atoms with E-state index in [4.69, 9.17) is 18.5 Å².